The normalized spacial score (nSPS) is 11.6. The number of hydrogen-bond donors (Lipinski definition) is 0. The Kier molecular flexibility index (Phi) is 7.56. The third kappa shape index (κ3) is 6.02. The van der Waals surface area contributed by atoms with Gasteiger partial charge in [0.15, 0.2) is 0 Å². The highest BCUT2D eigenvalue weighted by atomic mass is 32.1. The summed E-state index contributed by atoms with van der Waals surface area (Å²) in [7, 11) is 0. The number of fused-ring (bicyclic) bond motifs is 2. The molecule has 0 saturated heterocycles. The second kappa shape index (κ2) is 11.1. The lowest BCUT2D eigenvalue weighted by Gasteiger charge is -2.10. The molecule has 10 nitrogen and oxygen atoms in total. The van der Waals surface area contributed by atoms with Gasteiger partial charge in [-0.3, -0.25) is 25.0 Å². The molecule has 0 atom stereocenters. The van der Waals surface area contributed by atoms with Crippen molar-refractivity contribution >= 4 is 49.7 Å². The third-order valence-electron chi connectivity index (χ3n) is 6.46. The summed E-state index contributed by atoms with van der Waals surface area (Å²) >= 11 is 1.35. The van der Waals surface area contributed by atoms with Gasteiger partial charge in [0.1, 0.15) is 5.75 Å². The molecule has 3 aromatic carbocycles. The molecule has 0 aliphatic heterocycles. The van der Waals surface area contributed by atoms with Gasteiger partial charge < -0.3 is 14.0 Å². The highest BCUT2D eigenvalue weighted by molar-refractivity contribution is 7.17. The van der Waals surface area contributed by atoms with Crippen LogP contribution < -0.4 is 4.74 Å². The maximum absolute atomic E-state index is 12.8. The average Bonchev–Trinajstić information content (AvgIpc) is 3.48. The number of ether oxygens (including phenoxy) is 2. The minimum atomic E-state index is -4.85. The van der Waals surface area contributed by atoms with Crippen LogP contribution in [0.25, 0.3) is 32.1 Å². The number of carbonyl (C=O) groups excluding carboxylic acids is 1. The molecule has 5 aromatic rings. The van der Waals surface area contributed by atoms with E-state index in [2.05, 4.69) is 4.74 Å². The zero-order valence-corrected chi connectivity index (χ0v) is 22.5. The molecule has 0 aliphatic carbocycles. The molecule has 0 unspecified atom stereocenters. The van der Waals surface area contributed by atoms with Gasteiger partial charge in [-0.2, -0.15) is 0 Å². The highest BCUT2D eigenvalue weighted by Gasteiger charge is 2.31. The minimum Gasteiger partial charge on any atom is -0.466 e. The van der Waals surface area contributed by atoms with Crippen LogP contribution in [0.1, 0.15) is 18.1 Å². The van der Waals surface area contributed by atoms with Crippen molar-refractivity contribution < 1.29 is 37.3 Å². The molecule has 42 heavy (non-hydrogen) atoms. The van der Waals surface area contributed by atoms with Crippen LogP contribution in [0.3, 0.4) is 0 Å². The number of rotatable bonds is 9. The molecule has 0 fully saturated rings. The molecule has 0 amide bonds. The van der Waals surface area contributed by atoms with Gasteiger partial charge in [0.2, 0.25) is 0 Å². The van der Waals surface area contributed by atoms with E-state index in [1.54, 1.807) is 35.9 Å². The van der Waals surface area contributed by atoms with Crippen LogP contribution in [-0.4, -0.2) is 33.4 Å². The Bertz CT molecular complexity index is 1830. The Morgan fingerprint density at radius 2 is 1.64 bits per heavy atom. The van der Waals surface area contributed by atoms with Crippen molar-refractivity contribution in [2.45, 2.75) is 26.3 Å². The Morgan fingerprint density at radius 1 is 0.929 bits per heavy atom. The molecule has 216 valence electrons. The molecule has 0 bridgehead atoms. The Hall–Kier alpha value is -4.98. The summed E-state index contributed by atoms with van der Waals surface area (Å²) < 4.78 is 50.2. The van der Waals surface area contributed by atoms with E-state index in [-0.39, 0.29) is 30.9 Å². The topological polar surface area (TPSA) is 127 Å². The molecule has 0 N–H and O–H groups in total. The highest BCUT2D eigenvalue weighted by Crippen LogP contribution is 2.36. The Labute approximate surface area is 238 Å². The predicted octanol–water partition coefficient (Wildman–Crippen LogP) is 7.39. The molecule has 14 heteroatoms. The van der Waals surface area contributed by atoms with E-state index in [0.29, 0.717) is 33.0 Å². The average molecular weight is 600 g/mol. The minimum absolute atomic E-state index is 0.0487. The number of nitrogens with zero attached hydrogens (tertiary/aromatic N) is 3. The van der Waals surface area contributed by atoms with Crippen molar-refractivity contribution in [2.24, 2.45) is 0 Å². The van der Waals surface area contributed by atoms with Crippen molar-refractivity contribution in [3.63, 3.8) is 0 Å². The van der Waals surface area contributed by atoms with E-state index in [1.165, 1.54) is 41.7 Å². The van der Waals surface area contributed by atoms with Gasteiger partial charge in [0, 0.05) is 45.9 Å². The van der Waals surface area contributed by atoms with Gasteiger partial charge in [-0.05, 0) is 58.8 Å². The van der Waals surface area contributed by atoms with E-state index < -0.39 is 33.6 Å². The van der Waals surface area contributed by atoms with Crippen molar-refractivity contribution in [1.29, 1.82) is 0 Å². The van der Waals surface area contributed by atoms with Gasteiger partial charge >= 0.3 is 12.3 Å². The summed E-state index contributed by atoms with van der Waals surface area (Å²) in [6.07, 6.45) is -3.16. The van der Waals surface area contributed by atoms with Crippen LogP contribution in [-0.2, 0) is 22.5 Å². The third-order valence-corrected chi connectivity index (χ3v) is 7.47. The van der Waals surface area contributed by atoms with Crippen LogP contribution in [0.4, 0.5) is 24.5 Å². The van der Waals surface area contributed by atoms with E-state index in [0.717, 1.165) is 10.8 Å². The molecule has 2 heterocycles. The standard InChI is InChI=1S/C28H20F3N3O7S/c1-2-40-27(35)10-18-13-32(14-19-15-42-26-6-4-22(12-24(19)26)41-28(29,30)31)25-9-16(3-5-23(18)25)17-7-20(33(36)37)11-21(8-17)34(38)39/h3-9,11-13,15H,2,10,14H2,1H3. The summed E-state index contributed by atoms with van der Waals surface area (Å²) in [4.78, 5) is 33.8. The monoisotopic (exact) mass is 599 g/mol. The maximum atomic E-state index is 12.8. The zero-order chi connectivity index (χ0) is 30.2. The van der Waals surface area contributed by atoms with Gasteiger partial charge in [0.25, 0.3) is 11.4 Å². The maximum Gasteiger partial charge on any atom is 0.573 e. The lowest BCUT2D eigenvalue weighted by Crippen LogP contribution is -2.16. The quantitative estimate of drug-likeness (QED) is 0.0982. The molecule has 0 spiro atoms. The van der Waals surface area contributed by atoms with Crippen LogP contribution >= 0.6 is 11.3 Å². The second-order valence-corrected chi connectivity index (χ2v) is 10.1. The van der Waals surface area contributed by atoms with Crippen LogP contribution in [0, 0.1) is 20.2 Å². The molecular formula is C28H20F3N3O7S. The SMILES string of the molecule is CCOC(=O)Cc1cn(Cc2csc3ccc(OC(F)(F)F)cc23)c2cc(-c3cc([N+](=O)[O-])cc([N+](=O)[O-])c3)ccc12. The van der Waals surface area contributed by atoms with Crippen molar-refractivity contribution in [3.8, 4) is 16.9 Å². The van der Waals surface area contributed by atoms with E-state index in [1.807, 2.05) is 5.38 Å². The first-order chi connectivity index (χ1) is 19.9. The van der Waals surface area contributed by atoms with Gasteiger partial charge in [-0.25, -0.2) is 0 Å². The summed E-state index contributed by atoms with van der Waals surface area (Å²) in [6, 6.07) is 12.5. The number of benzene rings is 3. The van der Waals surface area contributed by atoms with Crippen molar-refractivity contribution in [1.82, 2.24) is 4.57 Å². The summed E-state index contributed by atoms with van der Waals surface area (Å²) in [6.45, 7) is 2.08. The van der Waals surface area contributed by atoms with E-state index in [4.69, 9.17) is 4.74 Å². The lowest BCUT2D eigenvalue weighted by atomic mass is 10.0. The largest absolute Gasteiger partial charge is 0.573 e. The first-order valence-electron chi connectivity index (χ1n) is 12.4. The van der Waals surface area contributed by atoms with E-state index in [9.17, 15) is 38.2 Å². The number of carbonyl (C=O) groups is 1. The number of non-ortho nitro benzene ring substituents is 2. The number of alkyl halides is 3. The summed E-state index contributed by atoms with van der Waals surface area (Å²) in [5.41, 5.74) is 1.72. The van der Waals surface area contributed by atoms with Gasteiger partial charge in [-0.1, -0.05) is 12.1 Å². The molecule has 0 aliphatic rings. The Balaban J connectivity index is 1.62. The van der Waals surface area contributed by atoms with E-state index >= 15 is 0 Å². The lowest BCUT2D eigenvalue weighted by molar-refractivity contribution is -0.394. The van der Waals surface area contributed by atoms with Gasteiger partial charge in [0.05, 0.1) is 28.9 Å². The fraction of sp³-hybridized carbons (Fsp3) is 0.179. The second-order valence-electron chi connectivity index (χ2n) is 9.21. The number of esters is 1. The van der Waals surface area contributed by atoms with Crippen molar-refractivity contribution in [3.05, 3.63) is 97.5 Å². The van der Waals surface area contributed by atoms with Crippen LogP contribution in [0.5, 0.6) is 5.75 Å². The molecular weight excluding hydrogens is 579 g/mol. The van der Waals surface area contributed by atoms with Crippen molar-refractivity contribution in [2.75, 3.05) is 6.61 Å². The fourth-order valence-electron chi connectivity index (χ4n) is 4.72. The molecule has 0 radical (unpaired) electrons. The number of nitro benzene ring substituents is 2. The number of nitro groups is 2. The molecule has 0 saturated carbocycles. The summed E-state index contributed by atoms with van der Waals surface area (Å²) in [5, 5.41) is 25.9. The number of halogens is 3. The predicted molar refractivity (Wildman–Crippen MR) is 149 cm³/mol. The van der Waals surface area contributed by atoms with Gasteiger partial charge in [-0.15, -0.1) is 24.5 Å². The number of thiophene rings is 1. The smallest absolute Gasteiger partial charge is 0.466 e. The molecule has 5 rings (SSSR count). The van der Waals surface area contributed by atoms with Crippen LogP contribution in [0.15, 0.2) is 66.2 Å². The number of aromatic nitrogens is 1. The zero-order valence-electron chi connectivity index (χ0n) is 21.7. The Morgan fingerprint density at radius 3 is 2.29 bits per heavy atom. The molecule has 2 aromatic heterocycles. The van der Waals surface area contributed by atoms with Crippen LogP contribution in [0.2, 0.25) is 0 Å². The fourth-order valence-corrected chi connectivity index (χ4v) is 5.66. The first-order valence-corrected chi connectivity index (χ1v) is 13.3. The number of hydrogen-bond acceptors (Lipinski definition) is 8. The first kappa shape index (κ1) is 28.5. The summed E-state index contributed by atoms with van der Waals surface area (Å²) in [5.74, 6) is -0.811.